The number of nitrogens with zero attached hydrogens (tertiary/aromatic N) is 1. The highest BCUT2D eigenvalue weighted by Crippen LogP contribution is 2.65. The molecule has 1 aromatic heterocycles. The summed E-state index contributed by atoms with van der Waals surface area (Å²) in [6, 6.07) is 0. The summed E-state index contributed by atoms with van der Waals surface area (Å²) in [7, 11) is -3.76. The third-order valence-corrected chi connectivity index (χ3v) is 8.14. The molecule has 4 atom stereocenters. The van der Waals surface area contributed by atoms with Crippen LogP contribution in [-0.2, 0) is 27.8 Å². The monoisotopic (exact) mass is 510 g/mol. The summed E-state index contributed by atoms with van der Waals surface area (Å²) in [5, 5.41) is 0.666. The number of hydrogen-bond acceptors (Lipinski definition) is 8. The lowest BCUT2D eigenvalue weighted by Crippen LogP contribution is -2.50. The third kappa shape index (κ3) is 4.53. The minimum absolute atomic E-state index is 0.116. The summed E-state index contributed by atoms with van der Waals surface area (Å²) >= 11 is 3.39. The minimum atomic E-state index is -3.76. The van der Waals surface area contributed by atoms with Crippen molar-refractivity contribution in [1.82, 2.24) is 9.55 Å². The van der Waals surface area contributed by atoms with E-state index >= 15 is 0 Å². The molecule has 0 saturated carbocycles. The second kappa shape index (κ2) is 9.77. The summed E-state index contributed by atoms with van der Waals surface area (Å²) in [4.78, 5) is 26.2. The first kappa shape index (κ1) is 23.8. The number of H-pyrrole nitrogens is 1. The lowest BCUT2D eigenvalue weighted by molar-refractivity contribution is -0.278. The number of halogens is 1. The number of nitrogens with one attached hydrogen (secondary N) is 1. The molecular formula is C18H28BrN2O8P. The Balaban J connectivity index is 1.88. The Kier molecular flexibility index (Phi) is 7.76. The van der Waals surface area contributed by atoms with Crippen LogP contribution in [0.2, 0.25) is 0 Å². The largest absolute Gasteiger partial charge is 0.389 e. The van der Waals surface area contributed by atoms with Crippen LogP contribution in [0.3, 0.4) is 0 Å². The van der Waals surface area contributed by atoms with Gasteiger partial charge in [0.25, 0.3) is 11.1 Å². The molecule has 170 valence electrons. The van der Waals surface area contributed by atoms with Crippen molar-refractivity contribution in [3.05, 3.63) is 32.6 Å². The van der Waals surface area contributed by atoms with Crippen molar-refractivity contribution in [2.45, 2.75) is 64.0 Å². The van der Waals surface area contributed by atoms with Crippen LogP contribution in [0.5, 0.6) is 0 Å². The van der Waals surface area contributed by atoms with Crippen molar-refractivity contribution in [2.75, 3.05) is 25.2 Å². The molecule has 0 aliphatic carbocycles. The van der Waals surface area contributed by atoms with Crippen LogP contribution in [0, 0.1) is 6.92 Å². The molecule has 3 heterocycles. The zero-order valence-electron chi connectivity index (χ0n) is 17.3. The van der Waals surface area contributed by atoms with Gasteiger partial charge >= 0.3 is 13.3 Å². The SMILES string of the molecule is CCOP(=O)(OCC)[C@@]1(CCCBr)OC[C@H]2O[C@@H](n3cc(C)c(=O)[nH]c3=O)C[C@@H]2O1. The molecule has 3 rings (SSSR count). The number of aryl methyl sites for hydroxylation is 1. The van der Waals surface area contributed by atoms with E-state index in [0.717, 1.165) is 0 Å². The van der Waals surface area contributed by atoms with E-state index in [4.69, 9.17) is 23.3 Å². The van der Waals surface area contributed by atoms with Gasteiger partial charge < -0.3 is 23.3 Å². The third-order valence-electron chi connectivity index (χ3n) is 5.09. The topological polar surface area (TPSA) is 118 Å². The zero-order valence-corrected chi connectivity index (χ0v) is 19.8. The van der Waals surface area contributed by atoms with Crippen LogP contribution in [0.1, 0.15) is 44.9 Å². The molecule has 10 nitrogen and oxygen atoms in total. The molecule has 0 bridgehead atoms. The fourth-order valence-corrected chi connectivity index (χ4v) is 6.06. The molecule has 30 heavy (non-hydrogen) atoms. The van der Waals surface area contributed by atoms with E-state index in [1.165, 1.54) is 10.8 Å². The first-order chi connectivity index (χ1) is 14.3. The Morgan fingerprint density at radius 2 is 2.00 bits per heavy atom. The van der Waals surface area contributed by atoms with Crippen LogP contribution in [-0.4, -0.2) is 52.4 Å². The molecular weight excluding hydrogens is 483 g/mol. The second-order valence-corrected chi connectivity index (χ2v) is 10.1. The molecule has 12 heteroatoms. The molecule has 0 unspecified atom stereocenters. The minimum Gasteiger partial charge on any atom is -0.349 e. The van der Waals surface area contributed by atoms with Crippen LogP contribution >= 0.6 is 23.5 Å². The Labute approximate surface area is 182 Å². The van der Waals surface area contributed by atoms with Crippen molar-refractivity contribution in [3.63, 3.8) is 0 Å². The first-order valence-corrected chi connectivity index (χ1v) is 12.7. The second-order valence-electron chi connectivity index (χ2n) is 7.15. The molecule has 1 aromatic rings. The van der Waals surface area contributed by atoms with Gasteiger partial charge in [-0.2, -0.15) is 0 Å². The van der Waals surface area contributed by atoms with Gasteiger partial charge in [-0.3, -0.25) is 18.9 Å². The average Bonchev–Trinajstić information content (AvgIpc) is 3.12. The quantitative estimate of drug-likeness (QED) is 0.397. The van der Waals surface area contributed by atoms with Crippen LogP contribution in [0.4, 0.5) is 0 Å². The maximum absolute atomic E-state index is 13.6. The molecule has 2 aliphatic rings. The number of hydrogen-bond donors (Lipinski definition) is 1. The zero-order chi connectivity index (χ0) is 21.9. The molecule has 2 saturated heterocycles. The summed E-state index contributed by atoms with van der Waals surface area (Å²) in [6.45, 7) is 5.55. The summed E-state index contributed by atoms with van der Waals surface area (Å²) in [5.74, 6) is 0. The number of aromatic amines is 1. The number of ether oxygens (including phenoxy) is 3. The number of alkyl halides is 1. The normalized spacial score (nSPS) is 29.1. The molecule has 0 spiro atoms. The van der Waals surface area contributed by atoms with Crippen molar-refractivity contribution in [3.8, 4) is 0 Å². The predicted molar refractivity (Wildman–Crippen MR) is 112 cm³/mol. The van der Waals surface area contributed by atoms with Gasteiger partial charge in [0.2, 0.25) is 0 Å². The Bertz CT molecular complexity index is 895. The lowest BCUT2D eigenvalue weighted by Gasteiger charge is -2.44. The van der Waals surface area contributed by atoms with Gasteiger partial charge in [-0.05, 0) is 27.2 Å². The fraction of sp³-hybridized carbons (Fsp3) is 0.778. The maximum Gasteiger partial charge on any atom is 0.389 e. The summed E-state index contributed by atoms with van der Waals surface area (Å²) in [6.07, 6.45) is 1.15. The molecule has 2 fully saturated rings. The van der Waals surface area contributed by atoms with E-state index in [9.17, 15) is 14.2 Å². The summed E-state index contributed by atoms with van der Waals surface area (Å²) in [5.41, 5.74) is -2.14. The molecule has 1 N–H and O–H groups in total. The van der Waals surface area contributed by atoms with E-state index < -0.39 is 42.8 Å². The molecule has 2 aliphatic heterocycles. The predicted octanol–water partition coefficient (Wildman–Crippen LogP) is 2.64. The molecule has 0 aromatic carbocycles. The van der Waals surface area contributed by atoms with Crippen LogP contribution in [0.25, 0.3) is 0 Å². The van der Waals surface area contributed by atoms with E-state index in [1.807, 2.05) is 0 Å². The standard InChI is InChI=1S/C18H28BrN2O8P/c1-4-26-30(24,27-5-2)18(7-6-8-19)25-11-14-13(29-18)9-15(28-14)21-10-12(3)16(22)20-17(21)23/h10,13-15H,4-9,11H2,1-3H3,(H,20,22,23)/t13-,14+,15+,18-/m0/s1. The van der Waals surface area contributed by atoms with Gasteiger partial charge in [0.05, 0.1) is 25.9 Å². The van der Waals surface area contributed by atoms with Gasteiger partial charge in [-0.25, -0.2) is 4.79 Å². The molecule has 0 radical (unpaired) electrons. The lowest BCUT2D eigenvalue weighted by atomic mass is 10.1. The Morgan fingerprint density at radius 1 is 1.30 bits per heavy atom. The fourth-order valence-electron chi connectivity index (χ4n) is 3.70. The highest BCUT2D eigenvalue weighted by atomic mass is 79.9. The molecule has 0 amide bonds. The van der Waals surface area contributed by atoms with Crippen LogP contribution < -0.4 is 11.2 Å². The van der Waals surface area contributed by atoms with Gasteiger partial charge in [0, 0.05) is 29.9 Å². The van der Waals surface area contributed by atoms with E-state index in [2.05, 4.69) is 20.9 Å². The smallest absolute Gasteiger partial charge is 0.349 e. The average molecular weight is 511 g/mol. The van der Waals surface area contributed by atoms with Gasteiger partial charge in [-0.1, -0.05) is 15.9 Å². The van der Waals surface area contributed by atoms with Gasteiger partial charge in [-0.15, -0.1) is 0 Å². The van der Waals surface area contributed by atoms with Gasteiger partial charge in [0.15, 0.2) is 0 Å². The van der Waals surface area contributed by atoms with E-state index in [1.54, 1.807) is 20.8 Å². The Hall–Kier alpha value is -0.810. The summed E-state index contributed by atoms with van der Waals surface area (Å²) < 4.78 is 44.3. The number of rotatable bonds is 9. The first-order valence-electron chi connectivity index (χ1n) is 10.0. The van der Waals surface area contributed by atoms with E-state index in [0.29, 0.717) is 30.2 Å². The maximum atomic E-state index is 13.6. The highest BCUT2D eigenvalue weighted by Gasteiger charge is 2.60. The van der Waals surface area contributed by atoms with Crippen molar-refractivity contribution < 1.29 is 27.8 Å². The van der Waals surface area contributed by atoms with Crippen LogP contribution in [0.15, 0.2) is 15.8 Å². The van der Waals surface area contributed by atoms with Crippen molar-refractivity contribution in [2.24, 2.45) is 0 Å². The van der Waals surface area contributed by atoms with Crippen molar-refractivity contribution >= 4 is 23.5 Å². The van der Waals surface area contributed by atoms with E-state index in [-0.39, 0.29) is 19.8 Å². The van der Waals surface area contributed by atoms with Crippen molar-refractivity contribution in [1.29, 1.82) is 0 Å². The van der Waals surface area contributed by atoms with Gasteiger partial charge in [0.1, 0.15) is 12.3 Å². The highest BCUT2D eigenvalue weighted by molar-refractivity contribution is 9.09. The number of fused-ring (bicyclic) bond motifs is 1. The number of aromatic nitrogens is 2. The Morgan fingerprint density at radius 3 is 2.63 bits per heavy atom.